The summed E-state index contributed by atoms with van der Waals surface area (Å²) in [5.41, 5.74) is -1.42. The molecule has 2 N–H and O–H groups in total. The molecule has 6 nitrogen and oxygen atoms in total. The Labute approximate surface area is 105 Å². The topological polar surface area (TPSA) is 93.1 Å². The predicted octanol–water partition coefficient (Wildman–Crippen LogP) is -0.219. The van der Waals surface area contributed by atoms with Crippen LogP contribution in [0.4, 0.5) is 0 Å². The van der Waals surface area contributed by atoms with Gasteiger partial charge in [0, 0.05) is 19.8 Å². The van der Waals surface area contributed by atoms with E-state index in [9.17, 15) is 19.8 Å². The van der Waals surface area contributed by atoms with Crippen molar-refractivity contribution in [2.24, 2.45) is 5.92 Å². The predicted molar refractivity (Wildman–Crippen MR) is 61.5 cm³/mol. The Bertz CT molecular complexity index is 350. The van der Waals surface area contributed by atoms with E-state index in [0.717, 1.165) is 0 Å². The van der Waals surface area contributed by atoms with E-state index in [0.29, 0.717) is 0 Å². The lowest BCUT2D eigenvalue weighted by Crippen LogP contribution is -2.47. The van der Waals surface area contributed by atoms with Crippen LogP contribution in [0.15, 0.2) is 12.2 Å². The Morgan fingerprint density at radius 1 is 1.33 bits per heavy atom. The van der Waals surface area contributed by atoms with E-state index in [4.69, 9.17) is 9.47 Å². The maximum atomic E-state index is 10.8. The molecule has 1 aliphatic carbocycles. The number of rotatable bonds is 4. The smallest absolute Gasteiger partial charge is 0.302 e. The second-order valence-electron chi connectivity index (χ2n) is 4.43. The zero-order chi connectivity index (χ0) is 13.8. The number of ether oxygens (including phenoxy) is 2. The Hall–Kier alpha value is -1.40. The number of hydrogen-bond acceptors (Lipinski definition) is 6. The molecule has 6 heteroatoms. The molecule has 18 heavy (non-hydrogen) atoms. The molecular formula is C12H18O6. The summed E-state index contributed by atoms with van der Waals surface area (Å²) in [6.45, 7) is 2.25. The lowest BCUT2D eigenvalue weighted by molar-refractivity contribution is -0.156. The van der Waals surface area contributed by atoms with Gasteiger partial charge in [-0.15, -0.1) is 0 Å². The molecule has 3 atom stereocenters. The highest BCUT2D eigenvalue weighted by molar-refractivity contribution is 5.66. The fourth-order valence-corrected chi connectivity index (χ4v) is 1.80. The van der Waals surface area contributed by atoms with Gasteiger partial charge in [0.2, 0.25) is 0 Å². The van der Waals surface area contributed by atoms with Crippen LogP contribution in [-0.4, -0.2) is 47.1 Å². The fourth-order valence-electron chi connectivity index (χ4n) is 1.80. The Balaban J connectivity index is 2.72. The number of aliphatic hydroxyl groups is 2. The average molecular weight is 258 g/mol. The average Bonchev–Trinajstić information content (AvgIpc) is 2.28. The molecule has 0 saturated carbocycles. The molecule has 0 aliphatic heterocycles. The normalized spacial score (nSPS) is 30.9. The quantitative estimate of drug-likeness (QED) is 0.535. The standard InChI is InChI=1S/C12H18O6/c1-8(13)17-6-10-5-11(15)3-4-12(10,16)7-18-9(2)14/h3-4,10-11,15-16H,5-7H2,1-2H3/t10-,11+,12+/m1/s1. The molecule has 0 spiro atoms. The van der Waals surface area contributed by atoms with Gasteiger partial charge >= 0.3 is 11.9 Å². The lowest BCUT2D eigenvalue weighted by Gasteiger charge is -2.36. The van der Waals surface area contributed by atoms with E-state index < -0.39 is 29.6 Å². The van der Waals surface area contributed by atoms with Crippen molar-refractivity contribution < 1.29 is 29.3 Å². The molecule has 0 aromatic rings. The summed E-state index contributed by atoms with van der Waals surface area (Å²) < 4.78 is 9.64. The van der Waals surface area contributed by atoms with Crippen molar-refractivity contribution in [3.63, 3.8) is 0 Å². The Morgan fingerprint density at radius 2 is 1.94 bits per heavy atom. The van der Waals surface area contributed by atoms with Crippen molar-refractivity contribution in [2.75, 3.05) is 13.2 Å². The van der Waals surface area contributed by atoms with Crippen molar-refractivity contribution in [1.29, 1.82) is 0 Å². The van der Waals surface area contributed by atoms with E-state index >= 15 is 0 Å². The van der Waals surface area contributed by atoms with Gasteiger partial charge in [0.1, 0.15) is 12.2 Å². The van der Waals surface area contributed by atoms with E-state index in [-0.39, 0.29) is 19.6 Å². The minimum atomic E-state index is -1.42. The number of hydrogen-bond donors (Lipinski definition) is 2. The van der Waals surface area contributed by atoms with Crippen LogP contribution in [0.2, 0.25) is 0 Å². The molecule has 1 aliphatic rings. The first-order chi connectivity index (χ1) is 8.33. The summed E-state index contributed by atoms with van der Waals surface area (Å²) in [5, 5.41) is 19.9. The first-order valence-corrected chi connectivity index (χ1v) is 5.70. The van der Waals surface area contributed by atoms with Gasteiger partial charge in [-0.05, 0) is 6.42 Å². The SMILES string of the molecule is CC(=O)OC[C@H]1C[C@@H](O)C=C[C@]1(O)COC(C)=O. The highest BCUT2D eigenvalue weighted by Gasteiger charge is 2.40. The third kappa shape index (κ3) is 4.12. The van der Waals surface area contributed by atoms with Crippen LogP contribution in [0, 0.1) is 5.92 Å². The Kier molecular flexibility index (Phi) is 4.86. The van der Waals surface area contributed by atoms with E-state index in [1.807, 2.05) is 0 Å². The molecule has 0 radical (unpaired) electrons. The van der Waals surface area contributed by atoms with Crippen LogP contribution < -0.4 is 0 Å². The van der Waals surface area contributed by atoms with Crippen molar-refractivity contribution in [3.8, 4) is 0 Å². The maximum Gasteiger partial charge on any atom is 0.302 e. The molecule has 1 rings (SSSR count). The van der Waals surface area contributed by atoms with Crippen LogP contribution >= 0.6 is 0 Å². The van der Waals surface area contributed by atoms with Crippen molar-refractivity contribution >= 4 is 11.9 Å². The van der Waals surface area contributed by atoms with Crippen LogP contribution in [0.3, 0.4) is 0 Å². The minimum Gasteiger partial charge on any atom is -0.465 e. The molecule has 0 bridgehead atoms. The first kappa shape index (κ1) is 14.7. The van der Waals surface area contributed by atoms with Crippen LogP contribution in [0.25, 0.3) is 0 Å². The number of carbonyl (C=O) groups is 2. The summed E-state index contributed by atoms with van der Waals surface area (Å²) in [7, 11) is 0. The summed E-state index contributed by atoms with van der Waals surface area (Å²) in [5.74, 6) is -1.48. The number of aliphatic hydroxyl groups excluding tert-OH is 1. The number of esters is 2. The van der Waals surface area contributed by atoms with Crippen molar-refractivity contribution in [2.45, 2.75) is 32.0 Å². The van der Waals surface area contributed by atoms with E-state index in [1.165, 1.54) is 26.0 Å². The maximum absolute atomic E-state index is 10.8. The third-order valence-electron chi connectivity index (χ3n) is 2.83. The molecule has 0 saturated heterocycles. The highest BCUT2D eigenvalue weighted by Crippen LogP contribution is 2.30. The van der Waals surface area contributed by atoms with Crippen LogP contribution in [0.1, 0.15) is 20.3 Å². The van der Waals surface area contributed by atoms with Gasteiger partial charge in [0.25, 0.3) is 0 Å². The van der Waals surface area contributed by atoms with E-state index in [1.54, 1.807) is 0 Å². The van der Waals surface area contributed by atoms with Gasteiger partial charge in [0.15, 0.2) is 0 Å². The van der Waals surface area contributed by atoms with E-state index in [2.05, 4.69) is 0 Å². The van der Waals surface area contributed by atoms with Gasteiger partial charge < -0.3 is 19.7 Å². The number of carbonyl (C=O) groups excluding carboxylic acids is 2. The Morgan fingerprint density at radius 3 is 2.50 bits per heavy atom. The second kappa shape index (κ2) is 5.97. The highest BCUT2D eigenvalue weighted by atomic mass is 16.5. The van der Waals surface area contributed by atoms with Crippen molar-refractivity contribution in [1.82, 2.24) is 0 Å². The monoisotopic (exact) mass is 258 g/mol. The summed E-state index contributed by atoms with van der Waals surface area (Å²) in [6, 6.07) is 0. The van der Waals surface area contributed by atoms with Crippen LogP contribution in [0.5, 0.6) is 0 Å². The molecule has 0 heterocycles. The second-order valence-corrected chi connectivity index (χ2v) is 4.43. The van der Waals surface area contributed by atoms with Gasteiger partial charge in [-0.3, -0.25) is 9.59 Å². The summed E-state index contributed by atoms with van der Waals surface area (Å²) in [6.07, 6.45) is 2.36. The van der Waals surface area contributed by atoms with Gasteiger partial charge in [0.05, 0.1) is 12.7 Å². The van der Waals surface area contributed by atoms with Gasteiger partial charge in [-0.2, -0.15) is 0 Å². The molecule has 0 aromatic heterocycles. The van der Waals surface area contributed by atoms with Crippen molar-refractivity contribution in [3.05, 3.63) is 12.2 Å². The minimum absolute atomic E-state index is 0.0332. The molecular weight excluding hydrogens is 240 g/mol. The summed E-state index contributed by atoms with van der Waals surface area (Å²) >= 11 is 0. The van der Waals surface area contributed by atoms with Crippen LogP contribution in [-0.2, 0) is 19.1 Å². The molecule has 0 aromatic carbocycles. The molecule has 0 unspecified atom stereocenters. The largest absolute Gasteiger partial charge is 0.465 e. The third-order valence-corrected chi connectivity index (χ3v) is 2.83. The molecule has 0 fully saturated rings. The zero-order valence-corrected chi connectivity index (χ0v) is 10.5. The van der Waals surface area contributed by atoms with Gasteiger partial charge in [-0.25, -0.2) is 0 Å². The molecule has 102 valence electrons. The lowest BCUT2D eigenvalue weighted by atomic mass is 9.80. The van der Waals surface area contributed by atoms with Gasteiger partial charge in [-0.1, -0.05) is 12.2 Å². The molecule has 0 amide bonds. The fraction of sp³-hybridized carbons (Fsp3) is 0.667. The zero-order valence-electron chi connectivity index (χ0n) is 10.5. The summed E-state index contributed by atoms with van der Waals surface area (Å²) in [4.78, 5) is 21.5. The first-order valence-electron chi connectivity index (χ1n) is 5.70.